The van der Waals surface area contributed by atoms with Gasteiger partial charge < -0.3 is 20.9 Å². The highest BCUT2D eigenvalue weighted by Gasteiger charge is 2.16. The Labute approximate surface area is 141 Å². The Morgan fingerprint density at radius 1 is 1.30 bits per heavy atom. The third kappa shape index (κ3) is 5.67. The largest absolute Gasteiger partial charge is 0.366 e. The minimum absolute atomic E-state index is 0.0115. The Morgan fingerprint density at radius 2 is 2.13 bits per heavy atom. The highest BCUT2D eigenvalue weighted by molar-refractivity contribution is 7.99. The number of thioether (sulfide) groups is 1. The zero-order chi connectivity index (χ0) is 16.5. The quantitative estimate of drug-likeness (QED) is 0.592. The number of anilines is 2. The predicted molar refractivity (Wildman–Crippen MR) is 95.9 cm³/mol. The first-order valence-electron chi connectivity index (χ1n) is 7.83. The van der Waals surface area contributed by atoms with E-state index in [0.717, 1.165) is 19.6 Å². The lowest BCUT2D eigenvalue weighted by molar-refractivity contribution is -0.120. The molecule has 0 fully saturated rings. The van der Waals surface area contributed by atoms with Gasteiger partial charge in [-0.1, -0.05) is 12.1 Å². The third-order valence-electron chi connectivity index (χ3n) is 3.62. The molecule has 1 aromatic rings. The molecular weight excluding hydrogens is 312 g/mol. The van der Waals surface area contributed by atoms with Gasteiger partial charge in [0.15, 0.2) is 0 Å². The maximum Gasteiger partial charge on any atom is 0.229 e. The molecule has 7 heteroatoms. The molecule has 0 aliphatic carbocycles. The number of rotatable bonds is 9. The summed E-state index contributed by atoms with van der Waals surface area (Å²) in [6.45, 7) is 2.41. The highest BCUT2D eigenvalue weighted by Crippen LogP contribution is 2.30. The minimum Gasteiger partial charge on any atom is -0.366 e. The van der Waals surface area contributed by atoms with Crippen LogP contribution in [-0.2, 0) is 9.59 Å². The first-order chi connectivity index (χ1) is 11.2. The van der Waals surface area contributed by atoms with Crippen molar-refractivity contribution >= 4 is 35.0 Å². The molecule has 1 aliphatic rings. The van der Waals surface area contributed by atoms with E-state index < -0.39 is 0 Å². The lowest BCUT2D eigenvalue weighted by atomic mass is 10.2. The zero-order valence-corrected chi connectivity index (χ0v) is 14.2. The summed E-state index contributed by atoms with van der Waals surface area (Å²) in [5, 5.41) is 8.84. The smallest absolute Gasteiger partial charge is 0.229 e. The first kappa shape index (κ1) is 17.5. The molecule has 0 aromatic heterocycles. The van der Waals surface area contributed by atoms with Crippen molar-refractivity contribution in [1.29, 1.82) is 0 Å². The van der Waals surface area contributed by atoms with E-state index in [4.69, 9.17) is 0 Å². The summed E-state index contributed by atoms with van der Waals surface area (Å²) in [4.78, 5) is 25.0. The number of carbonyl (C=O) groups excluding carboxylic acids is 2. The summed E-state index contributed by atoms with van der Waals surface area (Å²) < 4.78 is 0. The third-order valence-corrected chi connectivity index (χ3v) is 4.58. The second-order valence-electron chi connectivity index (χ2n) is 5.29. The van der Waals surface area contributed by atoms with Crippen molar-refractivity contribution in [2.45, 2.75) is 12.8 Å². The van der Waals surface area contributed by atoms with Crippen molar-refractivity contribution in [2.75, 3.05) is 48.5 Å². The van der Waals surface area contributed by atoms with Gasteiger partial charge in [0.1, 0.15) is 0 Å². The van der Waals surface area contributed by atoms with Crippen LogP contribution in [0.4, 0.5) is 11.4 Å². The van der Waals surface area contributed by atoms with E-state index in [-0.39, 0.29) is 11.8 Å². The van der Waals surface area contributed by atoms with Gasteiger partial charge in [-0.3, -0.25) is 9.59 Å². The standard InChI is InChI=1S/C16H24N4O2S/c1-17-15(21)7-10-23-11-16(22)18-8-4-9-20-12-19-13-5-2-3-6-14(13)20/h2-3,5-6,19H,4,7-12H2,1H3,(H,17,21)(H,18,22). The van der Waals surface area contributed by atoms with Crippen molar-refractivity contribution in [1.82, 2.24) is 10.6 Å². The van der Waals surface area contributed by atoms with Crippen molar-refractivity contribution in [3.63, 3.8) is 0 Å². The van der Waals surface area contributed by atoms with Crippen molar-refractivity contribution in [3.8, 4) is 0 Å². The minimum atomic E-state index is 0.0115. The molecule has 3 N–H and O–H groups in total. The van der Waals surface area contributed by atoms with Gasteiger partial charge in [-0.2, -0.15) is 11.8 Å². The summed E-state index contributed by atoms with van der Waals surface area (Å²) >= 11 is 1.49. The van der Waals surface area contributed by atoms with Gasteiger partial charge in [-0.05, 0) is 18.6 Å². The monoisotopic (exact) mass is 336 g/mol. The highest BCUT2D eigenvalue weighted by atomic mass is 32.2. The molecule has 2 rings (SSSR count). The van der Waals surface area contributed by atoms with Gasteiger partial charge >= 0.3 is 0 Å². The van der Waals surface area contributed by atoms with Crippen LogP contribution in [0.15, 0.2) is 24.3 Å². The number of nitrogens with one attached hydrogen (secondary N) is 3. The Kier molecular flexibility index (Phi) is 7.06. The molecule has 1 aliphatic heterocycles. The molecule has 23 heavy (non-hydrogen) atoms. The molecule has 0 spiro atoms. The molecule has 0 bridgehead atoms. The van der Waals surface area contributed by atoms with Gasteiger partial charge in [0.25, 0.3) is 0 Å². The van der Waals surface area contributed by atoms with E-state index in [2.05, 4.69) is 33.0 Å². The summed E-state index contributed by atoms with van der Waals surface area (Å²) in [6, 6.07) is 8.25. The van der Waals surface area contributed by atoms with Crippen LogP contribution in [0.2, 0.25) is 0 Å². The number of fused-ring (bicyclic) bond motifs is 1. The van der Waals surface area contributed by atoms with Crippen LogP contribution >= 0.6 is 11.8 Å². The second-order valence-corrected chi connectivity index (χ2v) is 6.40. The lowest BCUT2D eigenvalue weighted by Gasteiger charge is -2.17. The van der Waals surface area contributed by atoms with Crippen LogP contribution < -0.4 is 20.9 Å². The van der Waals surface area contributed by atoms with Crippen molar-refractivity contribution < 1.29 is 9.59 Å². The number of amides is 2. The number of para-hydroxylation sites is 2. The van der Waals surface area contributed by atoms with Crippen LogP contribution in [0.25, 0.3) is 0 Å². The molecule has 1 aromatic carbocycles. The van der Waals surface area contributed by atoms with E-state index in [1.165, 1.54) is 23.1 Å². The van der Waals surface area contributed by atoms with Crippen LogP contribution in [0, 0.1) is 0 Å². The Bertz CT molecular complexity index is 539. The van der Waals surface area contributed by atoms with Crippen LogP contribution in [0.3, 0.4) is 0 Å². The first-order valence-corrected chi connectivity index (χ1v) is 8.99. The molecule has 0 radical (unpaired) electrons. The number of hydrogen-bond acceptors (Lipinski definition) is 5. The zero-order valence-electron chi connectivity index (χ0n) is 13.4. The Morgan fingerprint density at radius 3 is 2.96 bits per heavy atom. The maximum atomic E-state index is 11.7. The fourth-order valence-corrected chi connectivity index (χ4v) is 3.13. The van der Waals surface area contributed by atoms with Gasteiger partial charge in [0, 0.05) is 32.3 Å². The van der Waals surface area contributed by atoms with Gasteiger partial charge in [0.05, 0.1) is 23.8 Å². The summed E-state index contributed by atoms with van der Waals surface area (Å²) in [5.74, 6) is 1.12. The molecule has 0 atom stereocenters. The molecular formula is C16H24N4O2S. The van der Waals surface area contributed by atoms with Crippen molar-refractivity contribution in [3.05, 3.63) is 24.3 Å². The Hall–Kier alpha value is -1.89. The second kappa shape index (κ2) is 9.29. The lowest BCUT2D eigenvalue weighted by Crippen LogP contribution is -2.30. The molecule has 0 saturated heterocycles. The van der Waals surface area contributed by atoms with Crippen LogP contribution in [0.5, 0.6) is 0 Å². The maximum absolute atomic E-state index is 11.7. The van der Waals surface area contributed by atoms with Gasteiger partial charge in [-0.15, -0.1) is 0 Å². The van der Waals surface area contributed by atoms with E-state index in [9.17, 15) is 9.59 Å². The molecule has 0 unspecified atom stereocenters. The molecule has 0 saturated carbocycles. The van der Waals surface area contributed by atoms with E-state index in [0.29, 0.717) is 24.5 Å². The number of hydrogen-bond donors (Lipinski definition) is 3. The fraction of sp³-hybridized carbons (Fsp3) is 0.500. The van der Waals surface area contributed by atoms with Crippen LogP contribution in [-0.4, -0.2) is 50.1 Å². The fourth-order valence-electron chi connectivity index (χ4n) is 2.37. The number of benzene rings is 1. The normalized spacial score (nSPS) is 12.5. The van der Waals surface area contributed by atoms with Crippen molar-refractivity contribution in [2.24, 2.45) is 0 Å². The Balaban J connectivity index is 1.54. The number of carbonyl (C=O) groups is 2. The van der Waals surface area contributed by atoms with Gasteiger partial charge in [-0.25, -0.2) is 0 Å². The summed E-state index contributed by atoms with van der Waals surface area (Å²) in [7, 11) is 1.62. The summed E-state index contributed by atoms with van der Waals surface area (Å²) in [6.07, 6.45) is 1.36. The molecule has 6 nitrogen and oxygen atoms in total. The SMILES string of the molecule is CNC(=O)CCSCC(=O)NCCCN1CNc2ccccc21. The van der Waals surface area contributed by atoms with E-state index in [1.807, 2.05) is 12.1 Å². The molecule has 126 valence electrons. The average molecular weight is 336 g/mol. The van der Waals surface area contributed by atoms with E-state index in [1.54, 1.807) is 7.05 Å². The summed E-state index contributed by atoms with van der Waals surface area (Å²) in [5.41, 5.74) is 2.40. The predicted octanol–water partition coefficient (Wildman–Crippen LogP) is 1.25. The van der Waals surface area contributed by atoms with Gasteiger partial charge in [0.2, 0.25) is 11.8 Å². The molecule has 1 heterocycles. The number of nitrogens with zero attached hydrogens (tertiary/aromatic N) is 1. The molecule has 2 amide bonds. The topological polar surface area (TPSA) is 73.5 Å². The van der Waals surface area contributed by atoms with E-state index >= 15 is 0 Å². The van der Waals surface area contributed by atoms with Crippen LogP contribution in [0.1, 0.15) is 12.8 Å². The average Bonchev–Trinajstić information content (AvgIpc) is 2.98.